The van der Waals surface area contributed by atoms with E-state index in [4.69, 9.17) is 0 Å². The van der Waals surface area contributed by atoms with E-state index in [-0.39, 0.29) is 24.2 Å². The van der Waals surface area contributed by atoms with Crippen LogP contribution in [0.25, 0.3) is 0 Å². The Morgan fingerprint density at radius 1 is 0.840 bits per heavy atom. The van der Waals surface area contributed by atoms with Crippen LogP contribution in [0.2, 0.25) is 0 Å². The molecule has 3 aromatic rings. The molecule has 1 amide bonds. The van der Waals surface area contributed by atoms with Crippen molar-refractivity contribution in [1.29, 1.82) is 0 Å². The molecule has 124 valence electrons. The van der Waals surface area contributed by atoms with Crippen LogP contribution in [-0.4, -0.2) is 5.91 Å². The molecule has 2 nitrogen and oxygen atoms in total. The lowest BCUT2D eigenvalue weighted by Crippen LogP contribution is -2.29. The van der Waals surface area contributed by atoms with Crippen LogP contribution in [0, 0.1) is 5.82 Å². The first-order valence-electron chi connectivity index (χ1n) is 8.41. The van der Waals surface area contributed by atoms with Gasteiger partial charge in [-0.25, -0.2) is 4.39 Å². The van der Waals surface area contributed by atoms with Gasteiger partial charge in [-0.2, -0.15) is 0 Å². The van der Waals surface area contributed by atoms with Crippen molar-refractivity contribution in [1.82, 2.24) is 0 Å². The number of amides is 1. The van der Waals surface area contributed by atoms with Gasteiger partial charge in [0.05, 0.1) is 12.5 Å². The number of hydrogen-bond donors (Lipinski definition) is 0. The highest BCUT2D eigenvalue weighted by atomic mass is 19.1. The summed E-state index contributed by atoms with van der Waals surface area (Å²) in [6.45, 7) is 0.258. The van der Waals surface area contributed by atoms with Gasteiger partial charge in [0.15, 0.2) is 0 Å². The van der Waals surface area contributed by atoms with Crippen molar-refractivity contribution in [2.45, 2.75) is 18.9 Å². The Labute approximate surface area is 146 Å². The van der Waals surface area contributed by atoms with Gasteiger partial charge in [0.2, 0.25) is 5.91 Å². The quantitative estimate of drug-likeness (QED) is 0.679. The maximum absolute atomic E-state index is 14.1. The van der Waals surface area contributed by atoms with Crippen LogP contribution in [0.15, 0.2) is 78.9 Å². The zero-order chi connectivity index (χ0) is 17.2. The number of halogens is 1. The molecule has 25 heavy (non-hydrogen) atoms. The lowest BCUT2D eigenvalue weighted by molar-refractivity contribution is -0.119. The third-order valence-electron chi connectivity index (χ3n) is 4.74. The molecule has 0 fully saturated rings. The molecular weight excluding hydrogens is 313 g/mol. The van der Waals surface area contributed by atoms with Gasteiger partial charge in [0.25, 0.3) is 0 Å². The van der Waals surface area contributed by atoms with Gasteiger partial charge in [-0.1, -0.05) is 66.7 Å². The van der Waals surface area contributed by atoms with Crippen molar-refractivity contribution >= 4 is 11.6 Å². The highest BCUT2D eigenvalue weighted by Gasteiger charge is 2.37. The predicted octanol–water partition coefficient (Wildman–Crippen LogP) is 4.70. The molecule has 0 radical (unpaired) electrons. The number of benzene rings is 3. The number of carbonyl (C=O) groups excluding carboxylic acids is 1. The smallest absolute Gasteiger partial charge is 0.235 e. The third kappa shape index (κ3) is 2.93. The monoisotopic (exact) mass is 331 g/mol. The van der Waals surface area contributed by atoms with E-state index in [1.54, 1.807) is 23.1 Å². The maximum Gasteiger partial charge on any atom is 0.235 e. The van der Waals surface area contributed by atoms with Gasteiger partial charge in [-0.3, -0.25) is 4.79 Å². The molecule has 0 saturated carbocycles. The highest BCUT2D eigenvalue weighted by molar-refractivity contribution is 6.05. The molecule has 4 rings (SSSR count). The Hall–Kier alpha value is -2.94. The van der Waals surface area contributed by atoms with Crippen LogP contribution in [0.3, 0.4) is 0 Å². The fourth-order valence-corrected chi connectivity index (χ4v) is 3.47. The van der Waals surface area contributed by atoms with Gasteiger partial charge in [-0.15, -0.1) is 0 Å². The Balaban J connectivity index is 1.68. The average Bonchev–Trinajstić information content (AvgIpc) is 2.90. The topological polar surface area (TPSA) is 20.3 Å². The van der Waals surface area contributed by atoms with Crippen molar-refractivity contribution in [3.8, 4) is 0 Å². The predicted molar refractivity (Wildman–Crippen MR) is 96.9 cm³/mol. The van der Waals surface area contributed by atoms with E-state index in [9.17, 15) is 9.18 Å². The summed E-state index contributed by atoms with van der Waals surface area (Å²) in [7, 11) is 0. The molecule has 3 aromatic carbocycles. The van der Waals surface area contributed by atoms with Crippen LogP contribution >= 0.6 is 0 Å². The summed E-state index contributed by atoms with van der Waals surface area (Å²) in [5.74, 6) is -0.460. The molecule has 0 spiro atoms. The van der Waals surface area contributed by atoms with Crippen molar-refractivity contribution in [3.05, 3.63) is 101 Å². The molecule has 0 N–H and O–H groups in total. The van der Waals surface area contributed by atoms with E-state index in [1.807, 2.05) is 54.6 Å². The highest BCUT2D eigenvalue weighted by Crippen LogP contribution is 2.40. The van der Waals surface area contributed by atoms with Crippen LogP contribution in [0.1, 0.15) is 22.6 Å². The standard InChI is InChI=1S/C22H18FNO/c23-20-12-6-4-10-17(20)15-24-21-13-7-5-11-18(21)19(22(24)25)14-16-8-2-1-3-9-16/h1-13,19H,14-15H2. The molecular formula is C22H18FNO. The first-order valence-corrected chi connectivity index (χ1v) is 8.41. The molecule has 1 unspecified atom stereocenters. The molecule has 1 atom stereocenters. The van der Waals surface area contributed by atoms with E-state index < -0.39 is 0 Å². The van der Waals surface area contributed by atoms with E-state index in [2.05, 4.69) is 0 Å². The fraction of sp³-hybridized carbons (Fsp3) is 0.136. The normalized spacial score (nSPS) is 16.1. The summed E-state index contributed by atoms with van der Waals surface area (Å²) >= 11 is 0. The third-order valence-corrected chi connectivity index (χ3v) is 4.74. The van der Waals surface area contributed by atoms with Gasteiger partial charge < -0.3 is 4.90 Å². The van der Waals surface area contributed by atoms with Crippen LogP contribution in [-0.2, 0) is 17.8 Å². The lowest BCUT2D eigenvalue weighted by Gasteiger charge is -2.18. The summed E-state index contributed by atoms with van der Waals surface area (Å²) in [6.07, 6.45) is 0.657. The fourth-order valence-electron chi connectivity index (χ4n) is 3.47. The molecule has 0 aliphatic carbocycles. The number of fused-ring (bicyclic) bond motifs is 1. The van der Waals surface area contributed by atoms with Crippen molar-refractivity contribution in [2.24, 2.45) is 0 Å². The van der Waals surface area contributed by atoms with E-state index in [0.717, 1.165) is 16.8 Å². The van der Waals surface area contributed by atoms with Crippen LogP contribution in [0.4, 0.5) is 10.1 Å². The number of hydrogen-bond acceptors (Lipinski definition) is 1. The van der Waals surface area contributed by atoms with Gasteiger partial charge in [-0.05, 0) is 29.7 Å². The first kappa shape index (κ1) is 15.6. The zero-order valence-electron chi connectivity index (χ0n) is 13.7. The number of carbonyl (C=O) groups is 1. The average molecular weight is 331 g/mol. The van der Waals surface area contributed by atoms with Crippen molar-refractivity contribution in [3.63, 3.8) is 0 Å². The Kier molecular flexibility index (Phi) is 4.06. The largest absolute Gasteiger partial charge is 0.307 e. The molecule has 1 heterocycles. The molecule has 0 aromatic heterocycles. The summed E-state index contributed by atoms with van der Waals surface area (Å²) in [5, 5.41) is 0. The molecule has 1 aliphatic heterocycles. The molecule has 1 aliphatic rings. The van der Waals surface area contributed by atoms with E-state index >= 15 is 0 Å². The first-order chi connectivity index (χ1) is 12.2. The number of anilines is 1. The van der Waals surface area contributed by atoms with Gasteiger partial charge >= 0.3 is 0 Å². The van der Waals surface area contributed by atoms with Crippen LogP contribution < -0.4 is 4.90 Å². The molecule has 3 heteroatoms. The lowest BCUT2D eigenvalue weighted by atomic mass is 9.93. The molecule has 0 bridgehead atoms. The minimum atomic E-state index is -0.278. The zero-order valence-corrected chi connectivity index (χ0v) is 13.7. The van der Waals surface area contributed by atoms with Crippen molar-refractivity contribution in [2.75, 3.05) is 4.90 Å². The second-order valence-electron chi connectivity index (χ2n) is 6.32. The maximum atomic E-state index is 14.1. The number of nitrogens with zero attached hydrogens (tertiary/aromatic N) is 1. The van der Waals surface area contributed by atoms with Gasteiger partial charge in [0, 0.05) is 11.3 Å². The summed E-state index contributed by atoms with van der Waals surface area (Å²) in [6, 6.07) is 24.5. The summed E-state index contributed by atoms with van der Waals surface area (Å²) < 4.78 is 14.1. The number of rotatable bonds is 4. The minimum Gasteiger partial charge on any atom is -0.307 e. The van der Waals surface area contributed by atoms with Crippen LogP contribution in [0.5, 0.6) is 0 Å². The summed E-state index contributed by atoms with van der Waals surface area (Å²) in [5.41, 5.74) is 3.57. The Bertz CT molecular complexity index is 907. The minimum absolute atomic E-state index is 0.0355. The van der Waals surface area contributed by atoms with E-state index in [0.29, 0.717) is 12.0 Å². The second kappa shape index (κ2) is 6.52. The SMILES string of the molecule is O=C1C(Cc2ccccc2)c2ccccc2N1Cc1ccccc1F. The van der Waals surface area contributed by atoms with Gasteiger partial charge in [0.1, 0.15) is 5.82 Å². The number of para-hydroxylation sites is 1. The van der Waals surface area contributed by atoms with E-state index in [1.165, 1.54) is 6.07 Å². The Morgan fingerprint density at radius 3 is 2.32 bits per heavy atom. The Morgan fingerprint density at radius 2 is 1.52 bits per heavy atom. The second-order valence-corrected chi connectivity index (χ2v) is 6.32. The van der Waals surface area contributed by atoms with Crippen molar-refractivity contribution < 1.29 is 9.18 Å². The summed E-state index contributed by atoms with van der Waals surface area (Å²) in [4.78, 5) is 14.8. The molecule has 0 saturated heterocycles.